The molecule has 0 unspecified atom stereocenters. The van der Waals surface area contributed by atoms with Crippen LogP contribution < -0.4 is 9.64 Å². The lowest BCUT2D eigenvalue weighted by Crippen LogP contribution is -2.29. The normalized spacial score (nSPS) is 20.9. The highest BCUT2D eigenvalue weighted by molar-refractivity contribution is 7.22. The maximum Gasteiger partial charge on any atom is 0.301 e. The molecule has 6 nitrogen and oxygen atoms in total. The molecule has 0 bridgehead atoms. The lowest BCUT2D eigenvalue weighted by molar-refractivity contribution is -0.132. The van der Waals surface area contributed by atoms with E-state index in [4.69, 9.17) is 16.3 Å². The summed E-state index contributed by atoms with van der Waals surface area (Å²) in [6.07, 6.45) is 0.756. The molecule has 1 N–H and O–H groups in total. The first kappa shape index (κ1) is 21.8. The van der Waals surface area contributed by atoms with Gasteiger partial charge in [-0.05, 0) is 54.4 Å². The van der Waals surface area contributed by atoms with Crippen molar-refractivity contribution in [1.82, 2.24) is 4.98 Å². The molecule has 4 aromatic rings. The molecule has 2 aliphatic rings. The molecule has 0 radical (unpaired) electrons. The minimum atomic E-state index is -0.823. The van der Waals surface area contributed by atoms with E-state index in [0.29, 0.717) is 33.2 Å². The number of carbonyl (C=O) groups is 2. The Balaban J connectivity index is 1.53. The molecule has 1 fully saturated rings. The Labute approximate surface area is 210 Å². The third-order valence-electron chi connectivity index (χ3n) is 6.27. The number of hydrogen-bond acceptors (Lipinski definition) is 6. The Hall–Kier alpha value is -3.68. The number of aliphatic hydroxyl groups is 1. The Morgan fingerprint density at radius 3 is 2.71 bits per heavy atom. The first-order valence-electron chi connectivity index (χ1n) is 11.1. The van der Waals surface area contributed by atoms with Crippen LogP contribution in [-0.2, 0) is 16.0 Å². The molecule has 2 aliphatic heterocycles. The van der Waals surface area contributed by atoms with E-state index in [1.54, 1.807) is 30.3 Å². The second-order valence-corrected chi connectivity index (χ2v) is 10.1. The van der Waals surface area contributed by atoms with Crippen molar-refractivity contribution < 1.29 is 19.4 Å². The predicted molar refractivity (Wildman–Crippen MR) is 136 cm³/mol. The van der Waals surface area contributed by atoms with Gasteiger partial charge in [-0.1, -0.05) is 53.3 Å². The average Bonchev–Trinajstić information content (AvgIpc) is 3.51. The molecule has 3 heterocycles. The van der Waals surface area contributed by atoms with Crippen molar-refractivity contribution in [2.75, 3.05) is 4.90 Å². The third kappa shape index (κ3) is 3.59. The standard InChI is InChI=1S/C27H19ClN2O4S/c1-14-11-17-12-16(7-10-20(17)34-14)24(31)22-23(15-5-3-2-4-6-15)30(26(33)25(22)32)27-29-19-9-8-18(28)13-21(19)35-27/h2-10,12-14,23,31H,11H2,1H3/b24-22+/t14-,23-/m0/s1. The van der Waals surface area contributed by atoms with Gasteiger partial charge in [-0.15, -0.1) is 0 Å². The molecule has 1 amide bonds. The molecular formula is C27H19ClN2O4S. The van der Waals surface area contributed by atoms with Gasteiger partial charge < -0.3 is 9.84 Å². The summed E-state index contributed by atoms with van der Waals surface area (Å²) in [5.41, 5.74) is 2.83. The number of Topliss-reactive ketones (excluding diaryl/α,β-unsaturated/α-hetero) is 1. The number of ketones is 1. The zero-order valence-corrected chi connectivity index (χ0v) is 20.1. The Bertz CT molecular complexity index is 1550. The van der Waals surface area contributed by atoms with E-state index in [2.05, 4.69) is 4.98 Å². The van der Waals surface area contributed by atoms with Crippen molar-refractivity contribution in [2.45, 2.75) is 25.5 Å². The van der Waals surface area contributed by atoms with Crippen LogP contribution in [0.15, 0.2) is 72.3 Å². The number of fused-ring (bicyclic) bond motifs is 2. The fourth-order valence-corrected chi connectivity index (χ4v) is 5.96. The molecule has 8 heteroatoms. The third-order valence-corrected chi connectivity index (χ3v) is 7.53. The lowest BCUT2D eigenvalue weighted by Gasteiger charge is -2.23. The van der Waals surface area contributed by atoms with Crippen LogP contribution in [0, 0.1) is 0 Å². The zero-order valence-electron chi connectivity index (χ0n) is 18.6. The second kappa shape index (κ2) is 8.22. The van der Waals surface area contributed by atoms with Crippen LogP contribution in [0.2, 0.25) is 5.02 Å². The summed E-state index contributed by atoms with van der Waals surface area (Å²) in [5.74, 6) is -0.934. The number of rotatable bonds is 3. The number of halogens is 1. The van der Waals surface area contributed by atoms with Gasteiger partial charge in [0.2, 0.25) is 0 Å². The highest BCUT2D eigenvalue weighted by Gasteiger charge is 2.48. The molecule has 0 aliphatic carbocycles. The van der Waals surface area contributed by atoms with Crippen molar-refractivity contribution in [1.29, 1.82) is 0 Å². The van der Waals surface area contributed by atoms with E-state index in [1.165, 1.54) is 16.2 Å². The van der Waals surface area contributed by atoms with Gasteiger partial charge in [0.1, 0.15) is 17.6 Å². The largest absolute Gasteiger partial charge is 0.507 e. The van der Waals surface area contributed by atoms with Gasteiger partial charge in [-0.2, -0.15) is 0 Å². The summed E-state index contributed by atoms with van der Waals surface area (Å²) < 4.78 is 6.56. The molecule has 0 spiro atoms. The maximum atomic E-state index is 13.4. The first-order valence-corrected chi connectivity index (χ1v) is 12.3. The highest BCUT2D eigenvalue weighted by atomic mass is 35.5. The number of amides is 1. The molecule has 3 aromatic carbocycles. The average molecular weight is 503 g/mol. The molecule has 1 aromatic heterocycles. The van der Waals surface area contributed by atoms with Crippen molar-refractivity contribution >= 4 is 55.7 Å². The van der Waals surface area contributed by atoms with Gasteiger partial charge in [0.25, 0.3) is 5.78 Å². The van der Waals surface area contributed by atoms with Crippen molar-refractivity contribution in [3.8, 4) is 5.75 Å². The smallest absolute Gasteiger partial charge is 0.301 e. The number of aliphatic hydroxyl groups excluding tert-OH is 1. The number of nitrogens with zero attached hydrogens (tertiary/aromatic N) is 2. The van der Waals surface area contributed by atoms with Crippen molar-refractivity contribution in [3.05, 3.63) is 94.0 Å². The number of benzene rings is 3. The topological polar surface area (TPSA) is 79.7 Å². The maximum absolute atomic E-state index is 13.4. The fraction of sp³-hybridized carbons (Fsp3) is 0.148. The minimum Gasteiger partial charge on any atom is -0.507 e. The van der Waals surface area contributed by atoms with Gasteiger partial charge in [0.05, 0.1) is 21.8 Å². The fourth-order valence-electron chi connectivity index (χ4n) is 4.69. The van der Waals surface area contributed by atoms with Crippen LogP contribution in [0.3, 0.4) is 0 Å². The summed E-state index contributed by atoms with van der Waals surface area (Å²) >= 11 is 7.42. The summed E-state index contributed by atoms with van der Waals surface area (Å²) in [4.78, 5) is 32.7. The lowest BCUT2D eigenvalue weighted by atomic mass is 9.94. The molecule has 35 heavy (non-hydrogen) atoms. The Morgan fingerprint density at radius 2 is 1.91 bits per heavy atom. The SMILES string of the molecule is C[C@H]1Cc2cc(/C(O)=C3\C(=O)C(=O)N(c4nc5ccc(Cl)cc5s4)[C@H]3c3ccccc3)ccc2O1. The number of hydrogen-bond donors (Lipinski definition) is 1. The van der Waals surface area contributed by atoms with Crippen LogP contribution in [0.5, 0.6) is 5.75 Å². The number of ether oxygens (including phenoxy) is 1. The molecule has 174 valence electrons. The Kier molecular flexibility index (Phi) is 5.12. The van der Waals surface area contributed by atoms with Crippen LogP contribution in [0.4, 0.5) is 5.13 Å². The number of anilines is 1. The van der Waals surface area contributed by atoms with E-state index in [9.17, 15) is 14.7 Å². The monoisotopic (exact) mass is 502 g/mol. The summed E-state index contributed by atoms with van der Waals surface area (Å²) in [6.45, 7) is 1.98. The molecule has 0 saturated carbocycles. The molecule has 1 saturated heterocycles. The molecule has 6 rings (SSSR count). The van der Waals surface area contributed by atoms with E-state index in [0.717, 1.165) is 16.0 Å². The number of carbonyl (C=O) groups excluding carboxylic acids is 2. The van der Waals surface area contributed by atoms with E-state index >= 15 is 0 Å². The van der Waals surface area contributed by atoms with Crippen LogP contribution >= 0.6 is 22.9 Å². The summed E-state index contributed by atoms with van der Waals surface area (Å²) in [7, 11) is 0. The second-order valence-electron chi connectivity index (χ2n) is 8.64. The van der Waals surface area contributed by atoms with Crippen molar-refractivity contribution in [3.63, 3.8) is 0 Å². The van der Waals surface area contributed by atoms with Gasteiger partial charge in [-0.25, -0.2) is 4.98 Å². The Morgan fingerprint density at radius 1 is 1.11 bits per heavy atom. The quantitative estimate of drug-likeness (QED) is 0.214. The van der Waals surface area contributed by atoms with E-state index < -0.39 is 17.7 Å². The van der Waals surface area contributed by atoms with Gasteiger partial charge in [0.15, 0.2) is 5.13 Å². The zero-order chi connectivity index (χ0) is 24.3. The van der Waals surface area contributed by atoms with Crippen molar-refractivity contribution in [2.24, 2.45) is 0 Å². The predicted octanol–water partition coefficient (Wildman–Crippen LogP) is 5.90. The van der Waals surface area contributed by atoms with E-state index in [-0.39, 0.29) is 17.4 Å². The highest BCUT2D eigenvalue weighted by Crippen LogP contribution is 2.45. The summed E-state index contributed by atoms with van der Waals surface area (Å²) in [6, 6.07) is 19.0. The number of thiazole rings is 1. The molecule has 2 atom stereocenters. The van der Waals surface area contributed by atoms with Gasteiger partial charge >= 0.3 is 5.91 Å². The minimum absolute atomic E-state index is 0.0328. The molecular weight excluding hydrogens is 484 g/mol. The van der Waals surface area contributed by atoms with Crippen LogP contribution in [-0.4, -0.2) is 27.9 Å². The first-order chi connectivity index (χ1) is 16.9. The van der Waals surface area contributed by atoms with E-state index in [1.807, 2.05) is 43.3 Å². The number of aromatic nitrogens is 1. The summed E-state index contributed by atoms with van der Waals surface area (Å²) in [5, 5.41) is 12.3. The van der Waals surface area contributed by atoms with Gasteiger partial charge in [0, 0.05) is 17.0 Å². The van der Waals surface area contributed by atoms with Crippen LogP contribution in [0.25, 0.3) is 16.0 Å². The van der Waals surface area contributed by atoms with Crippen LogP contribution in [0.1, 0.15) is 29.7 Å². The van der Waals surface area contributed by atoms with Gasteiger partial charge in [-0.3, -0.25) is 14.5 Å².